The van der Waals surface area contributed by atoms with Crippen LogP contribution in [0, 0.1) is 6.92 Å². The molecule has 1 aromatic rings. The molecule has 16 heavy (non-hydrogen) atoms. The first-order valence-electron chi connectivity index (χ1n) is 5.22. The van der Waals surface area contributed by atoms with Crippen LogP contribution < -0.4 is 10.5 Å². The van der Waals surface area contributed by atoms with Crippen LogP contribution in [0.25, 0.3) is 0 Å². The zero-order valence-electron chi connectivity index (χ0n) is 9.40. The van der Waals surface area contributed by atoms with Gasteiger partial charge in [0, 0.05) is 6.42 Å². The third kappa shape index (κ3) is 1.88. The Labute approximate surface area is 94.3 Å². The van der Waals surface area contributed by atoms with Crippen LogP contribution in [0.5, 0.6) is 5.75 Å². The van der Waals surface area contributed by atoms with E-state index in [1.165, 1.54) is 0 Å². The Morgan fingerprint density at radius 2 is 2.25 bits per heavy atom. The number of hydrogen-bond acceptors (Lipinski definition) is 4. The maximum atomic E-state index is 11.2. The molecule has 1 aliphatic rings. The molecule has 2 N–H and O–H groups in total. The van der Waals surface area contributed by atoms with Crippen LogP contribution in [-0.4, -0.2) is 19.1 Å². The third-order valence-corrected chi connectivity index (χ3v) is 2.82. The fourth-order valence-electron chi connectivity index (χ4n) is 1.91. The molecule has 4 nitrogen and oxygen atoms in total. The number of aryl methyl sites for hydroxylation is 1. The molecule has 1 aromatic carbocycles. The van der Waals surface area contributed by atoms with Crippen molar-refractivity contribution < 1.29 is 14.3 Å². The summed E-state index contributed by atoms with van der Waals surface area (Å²) in [6, 6.07) is 5.26. The van der Waals surface area contributed by atoms with Gasteiger partial charge in [0.05, 0.1) is 7.11 Å². The van der Waals surface area contributed by atoms with Crippen LogP contribution in [0.2, 0.25) is 0 Å². The molecule has 4 heteroatoms. The lowest BCUT2D eigenvalue weighted by Gasteiger charge is -2.12. The minimum atomic E-state index is -0.493. The van der Waals surface area contributed by atoms with Crippen LogP contribution in [-0.2, 0) is 9.53 Å². The molecule has 1 fully saturated rings. The Kier molecular flexibility index (Phi) is 2.83. The van der Waals surface area contributed by atoms with Crippen molar-refractivity contribution in [2.75, 3.05) is 7.11 Å². The van der Waals surface area contributed by atoms with E-state index in [2.05, 4.69) is 0 Å². The minimum Gasteiger partial charge on any atom is -0.496 e. The van der Waals surface area contributed by atoms with E-state index in [0.29, 0.717) is 6.42 Å². The second-order valence-corrected chi connectivity index (χ2v) is 4.00. The molecule has 0 radical (unpaired) electrons. The average molecular weight is 221 g/mol. The minimum absolute atomic E-state index is 0.216. The third-order valence-electron chi connectivity index (χ3n) is 2.82. The standard InChI is InChI=1S/C12H15NO3/c1-7-5-8(3-4-10(7)15-2)11-6-9(13)12(14)16-11/h3-5,9,11H,6,13H2,1-2H3. The molecule has 0 saturated carbocycles. The van der Waals surface area contributed by atoms with Crippen LogP contribution in [0.3, 0.4) is 0 Å². The van der Waals surface area contributed by atoms with Crippen LogP contribution in [0.1, 0.15) is 23.7 Å². The van der Waals surface area contributed by atoms with E-state index in [-0.39, 0.29) is 12.1 Å². The van der Waals surface area contributed by atoms with Gasteiger partial charge in [-0.15, -0.1) is 0 Å². The number of carbonyl (C=O) groups excluding carboxylic acids is 1. The first-order chi connectivity index (χ1) is 7.61. The van der Waals surface area contributed by atoms with Crippen molar-refractivity contribution in [1.82, 2.24) is 0 Å². The summed E-state index contributed by atoms with van der Waals surface area (Å²) in [5.74, 6) is 0.510. The van der Waals surface area contributed by atoms with Crippen molar-refractivity contribution in [2.24, 2.45) is 5.73 Å². The number of cyclic esters (lactones) is 1. The monoisotopic (exact) mass is 221 g/mol. The van der Waals surface area contributed by atoms with Gasteiger partial charge in [-0.05, 0) is 30.2 Å². The number of rotatable bonds is 2. The predicted molar refractivity (Wildman–Crippen MR) is 59.2 cm³/mol. The van der Waals surface area contributed by atoms with Crippen molar-refractivity contribution >= 4 is 5.97 Å². The van der Waals surface area contributed by atoms with Crippen molar-refractivity contribution in [1.29, 1.82) is 0 Å². The van der Waals surface area contributed by atoms with Crippen LogP contribution in [0.15, 0.2) is 18.2 Å². The summed E-state index contributed by atoms with van der Waals surface area (Å²) in [6.45, 7) is 1.96. The van der Waals surface area contributed by atoms with Crippen LogP contribution in [0.4, 0.5) is 0 Å². The molecule has 86 valence electrons. The SMILES string of the molecule is COc1ccc(C2CC(N)C(=O)O2)cc1C. The number of ether oxygens (including phenoxy) is 2. The van der Waals surface area contributed by atoms with Gasteiger partial charge in [0.1, 0.15) is 17.9 Å². The molecule has 2 rings (SSSR count). The first kappa shape index (κ1) is 11.0. The van der Waals surface area contributed by atoms with Gasteiger partial charge in [0.2, 0.25) is 0 Å². The molecule has 1 aliphatic heterocycles. The van der Waals surface area contributed by atoms with Gasteiger partial charge in [-0.1, -0.05) is 6.07 Å². The summed E-state index contributed by atoms with van der Waals surface area (Å²) in [7, 11) is 1.63. The smallest absolute Gasteiger partial charge is 0.323 e. The quantitative estimate of drug-likeness (QED) is 0.765. The van der Waals surface area contributed by atoms with Crippen LogP contribution >= 0.6 is 0 Å². The summed E-state index contributed by atoms with van der Waals surface area (Å²) < 4.78 is 10.4. The second kappa shape index (κ2) is 4.14. The van der Waals surface area contributed by atoms with E-state index in [1.807, 2.05) is 25.1 Å². The Hall–Kier alpha value is -1.55. The van der Waals surface area contributed by atoms with Gasteiger partial charge in [-0.2, -0.15) is 0 Å². The number of nitrogens with two attached hydrogens (primary N) is 1. The van der Waals surface area contributed by atoms with Gasteiger partial charge in [-0.25, -0.2) is 0 Å². The Bertz CT molecular complexity index is 417. The zero-order chi connectivity index (χ0) is 11.7. The predicted octanol–water partition coefficient (Wildman–Crippen LogP) is 1.32. The van der Waals surface area contributed by atoms with E-state index in [1.54, 1.807) is 7.11 Å². The summed E-state index contributed by atoms with van der Waals surface area (Å²) >= 11 is 0. The lowest BCUT2D eigenvalue weighted by Crippen LogP contribution is -2.24. The maximum Gasteiger partial charge on any atom is 0.323 e. The van der Waals surface area contributed by atoms with E-state index in [0.717, 1.165) is 16.9 Å². The normalized spacial score (nSPS) is 24.3. The largest absolute Gasteiger partial charge is 0.496 e. The summed E-state index contributed by atoms with van der Waals surface area (Å²) in [4.78, 5) is 11.2. The van der Waals surface area contributed by atoms with Gasteiger partial charge >= 0.3 is 5.97 Å². The van der Waals surface area contributed by atoms with Gasteiger partial charge in [-0.3, -0.25) is 4.79 Å². The maximum absolute atomic E-state index is 11.2. The van der Waals surface area contributed by atoms with Crippen molar-refractivity contribution in [3.8, 4) is 5.75 Å². The number of carbonyl (C=O) groups is 1. The summed E-state index contributed by atoms with van der Waals surface area (Å²) in [5, 5.41) is 0. The fraction of sp³-hybridized carbons (Fsp3) is 0.417. The number of hydrogen-bond donors (Lipinski definition) is 1. The molecule has 0 bridgehead atoms. The van der Waals surface area contributed by atoms with E-state index in [4.69, 9.17) is 15.2 Å². The fourth-order valence-corrected chi connectivity index (χ4v) is 1.91. The molecule has 0 spiro atoms. The van der Waals surface area contributed by atoms with E-state index < -0.39 is 6.04 Å². The van der Waals surface area contributed by atoms with E-state index >= 15 is 0 Å². The van der Waals surface area contributed by atoms with Crippen molar-refractivity contribution in [3.63, 3.8) is 0 Å². The highest BCUT2D eigenvalue weighted by Crippen LogP contribution is 2.31. The zero-order valence-corrected chi connectivity index (χ0v) is 9.40. The Balaban J connectivity index is 2.22. The van der Waals surface area contributed by atoms with Gasteiger partial charge in [0.25, 0.3) is 0 Å². The number of benzene rings is 1. The van der Waals surface area contributed by atoms with Gasteiger partial charge < -0.3 is 15.2 Å². The highest BCUT2D eigenvalue weighted by atomic mass is 16.6. The molecule has 1 saturated heterocycles. The first-order valence-corrected chi connectivity index (χ1v) is 5.22. The Morgan fingerprint density at radius 3 is 2.75 bits per heavy atom. The van der Waals surface area contributed by atoms with Crippen molar-refractivity contribution in [2.45, 2.75) is 25.5 Å². The summed E-state index contributed by atoms with van der Waals surface area (Å²) in [6.07, 6.45) is 0.331. The molecular formula is C12H15NO3. The Morgan fingerprint density at radius 1 is 1.50 bits per heavy atom. The molecule has 2 unspecified atom stereocenters. The molecule has 1 heterocycles. The second-order valence-electron chi connectivity index (χ2n) is 4.00. The summed E-state index contributed by atoms with van der Waals surface area (Å²) in [5.41, 5.74) is 7.60. The lowest BCUT2D eigenvalue weighted by atomic mass is 10.0. The molecule has 2 atom stereocenters. The van der Waals surface area contributed by atoms with Gasteiger partial charge in [0.15, 0.2) is 0 Å². The number of esters is 1. The average Bonchev–Trinajstić information content (AvgIpc) is 2.59. The number of methoxy groups -OCH3 is 1. The molecule has 0 aromatic heterocycles. The lowest BCUT2D eigenvalue weighted by molar-refractivity contribution is -0.142. The molecule has 0 amide bonds. The molecular weight excluding hydrogens is 206 g/mol. The highest BCUT2D eigenvalue weighted by Gasteiger charge is 2.32. The topological polar surface area (TPSA) is 61.5 Å². The molecule has 0 aliphatic carbocycles. The van der Waals surface area contributed by atoms with Crippen molar-refractivity contribution in [3.05, 3.63) is 29.3 Å². The highest BCUT2D eigenvalue weighted by molar-refractivity contribution is 5.77. The van der Waals surface area contributed by atoms with E-state index in [9.17, 15) is 4.79 Å².